The van der Waals surface area contributed by atoms with E-state index in [1.807, 2.05) is 13.8 Å². The molecule has 0 spiro atoms. The number of hydrogen-bond acceptors (Lipinski definition) is 4. The SMILES string of the molecule is CC(C)COCCS(=O)(=O)c1ccc(C(F)(F)F)cc1N. The fraction of sp³-hybridized carbons (Fsp3) is 0.538. The van der Waals surface area contributed by atoms with Crippen LogP contribution in [0, 0.1) is 5.92 Å². The zero-order valence-corrected chi connectivity index (χ0v) is 12.6. The molecule has 0 aliphatic rings. The van der Waals surface area contributed by atoms with E-state index in [9.17, 15) is 21.6 Å². The van der Waals surface area contributed by atoms with Gasteiger partial charge in [-0.1, -0.05) is 13.8 Å². The van der Waals surface area contributed by atoms with Crippen LogP contribution in [0.3, 0.4) is 0 Å². The summed E-state index contributed by atoms with van der Waals surface area (Å²) in [4.78, 5) is -0.302. The lowest BCUT2D eigenvalue weighted by atomic mass is 10.2. The van der Waals surface area contributed by atoms with Gasteiger partial charge >= 0.3 is 6.18 Å². The quantitative estimate of drug-likeness (QED) is 0.645. The van der Waals surface area contributed by atoms with E-state index in [-0.39, 0.29) is 23.2 Å². The van der Waals surface area contributed by atoms with Crippen LogP contribution in [0.15, 0.2) is 23.1 Å². The van der Waals surface area contributed by atoms with Crippen LogP contribution in [-0.4, -0.2) is 27.4 Å². The second-order valence-corrected chi connectivity index (χ2v) is 7.12. The number of anilines is 1. The van der Waals surface area contributed by atoms with Crippen molar-refractivity contribution < 1.29 is 26.3 Å². The Labute approximate surface area is 122 Å². The summed E-state index contributed by atoms with van der Waals surface area (Å²) in [6.45, 7) is 4.23. The van der Waals surface area contributed by atoms with Crippen LogP contribution in [-0.2, 0) is 20.8 Å². The minimum Gasteiger partial charge on any atom is -0.398 e. The topological polar surface area (TPSA) is 69.4 Å². The molecule has 0 amide bonds. The Morgan fingerprint density at radius 2 is 1.90 bits per heavy atom. The van der Waals surface area contributed by atoms with Crippen LogP contribution in [0.5, 0.6) is 0 Å². The van der Waals surface area contributed by atoms with E-state index in [1.54, 1.807) is 0 Å². The minimum absolute atomic E-state index is 0.0268. The van der Waals surface area contributed by atoms with Gasteiger partial charge in [0, 0.05) is 6.61 Å². The summed E-state index contributed by atoms with van der Waals surface area (Å²) in [6, 6.07) is 2.22. The van der Waals surface area contributed by atoms with Crippen molar-refractivity contribution in [1.82, 2.24) is 0 Å². The zero-order valence-electron chi connectivity index (χ0n) is 11.8. The number of hydrogen-bond donors (Lipinski definition) is 1. The third-order valence-electron chi connectivity index (χ3n) is 2.62. The van der Waals surface area contributed by atoms with Gasteiger partial charge in [0.15, 0.2) is 9.84 Å². The van der Waals surface area contributed by atoms with Gasteiger partial charge in [0.25, 0.3) is 0 Å². The van der Waals surface area contributed by atoms with E-state index in [2.05, 4.69) is 0 Å². The maximum absolute atomic E-state index is 12.5. The third kappa shape index (κ3) is 5.20. The molecule has 0 fully saturated rings. The van der Waals surface area contributed by atoms with Gasteiger partial charge in [-0.2, -0.15) is 13.2 Å². The van der Waals surface area contributed by atoms with Crippen molar-refractivity contribution >= 4 is 15.5 Å². The molecule has 2 N–H and O–H groups in total. The number of nitrogen functional groups attached to an aromatic ring is 1. The number of benzene rings is 1. The number of sulfone groups is 1. The van der Waals surface area contributed by atoms with Gasteiger partial charge in [-0.05, 0) is 24.1 Å². The first-order valence-electron chi connectivity index (χ1n) is 6.31. The van der Waals surface area contributed by atoms with Crippen molar-refractivity contribution in [2.75, 3.05) is 24.7 Å². The lowest BCUT2D eigenvalue weighted by Gasteiger charge is -2.12. The molecule has 0 heterocycles. The van der Waals surface area contributed by atoms with Crippen molar-refractivity contribution in [1.29, 1.82) is 0 Å². The van der Waals surface area contributed by atoms with Gasteiger partial charge < -0.3 is 10.5 Å². The predicted molar refractivity (Wildman–Crippen MR) is 73.6 cm³/mol. The van der Waals surface area contributed by atoms with Crippen LogP contribution >= 0.6 is 0 Å². The first-order chi connectivity index (χ1) is 9.54. The fourth-order valence-electron chi connectivity index (χ4n) is 1.61. The van der Waals surface area contributed by atoms with Gasteiger partial charge in [0.2, 0.25) is 0 Å². The monoisotopic (exact) mass is 325 g/mol. The third-order valence-corrected chi connectivity index (χ3v) is 4.37. The summed E-state index contributed by atoms with van der Waals surface area (Å²) in [6.07, 6.45) is -4.56. The van der Waals surface area contributed by atoms with Crippen molar-refractivity contribution in [2.45, 2.75) is 24.9 Å². The lowest BCUT2D eigenvalue weighted by molar-refractivity contribution is -0.137. The second-order valence-electron chi connectivity index (χ2n) is 5.04. The Bertz CT molecular complexity index is 583. The highest BCUT2D eigenvalue weighted by molar-refractivity contribution is 7.91. The molecule has 1 aromatic rings. The predicted octanol–water partition coefficient (Wildman–Crippen LogP) is 2.73. The summed E-state index contributed by atoms with van der Waals surface area (Å²) in [5.74, 6) is -0.0567. The molecular weight excluding hydrogens is 307 g/mol. The molecule has 0 aliphatic carbocycles. The molecule has 0 saturated carbocycles. The summed E-state index contributed by atoms with van der Waals surface area (Å²) in [5.41, 5.74) is 4.05. The second kappa shape index (κ2) is 6.65. The molecule has 1 aromatic carbocycles. The van der Waals surface area contributed by atoms with Crippen molar-refractivity contribution in [3.05, 3.63) is 23.8 Å². The van der Waals surface area contributed by atoms with Crippen molar-refractivity contribution in [2.24, 2.45) is 5.92 Å². The molecule has 4 nitrogen and oxygen atoms in total. The maximum Gasteiger partial charge on any atom is 0.416 e. The van der Waals surface area contributed by atoms with Crippen LogP contribution in [0.25, 0.3) is 0 Å². The molecule has 0 aromatic heterocycles. The molecule has 0 saturated heterocycles. The molecule has 0 bridgehead atoms. The average molecular weight is 325 g/mol. The number of alkyl halides is 3. The maximum atomic E-state index is 12.5. The van der Waals surface area contributed by atoms with Crippen molar-refractivity contribution in [3.8, 4) is 0 Å². The molecule has 8 heteroatoms. The van der Waals surface area contributed by atoms with E-state index in [0.717, 1.165) is 6.07 Å². The standard InChI is InChI=1S/C13H18F3NO3S/c1-9(2)8-20-5-6-21(18,19)12-4-3-10(7-11(12)17)13(14,15)16/h3-4,7,9H,5-6,8,17H2,1-2H3. The molecule has 21 heavy (non-hydrogen) atoms. The Hall–Kier alpha value is -1.28. The van der Waals surface area contributed by atoms with Crippen molar-refractivity contribution in [3.63, 3.8) is 0 Å². The normalized spacial score (nSPS) is 12.9. The molecular formula is C13H18F3NO3S. The Balaban J connectivity index is 2.84. The van der Waals surface area contributed by atoms with E-state index in [4.69, 9.17) is 10.5 Å². The minimum atomic E-state index is -4.56. The van der Waals surface area contributed by atoms with E-state index in [1.165, 1.54) is 0 Å². The van der Waals surface area contributed by atoms with Crippen LogP contribution in [0.1, 0.15) is 19.4 Å². The summed E-state index contributed by atoms with van der Waals surface area (Å²) in [5, 5.41) is 0. The first kappa shape index (κ1) is 17.8. The molecule has 0 radical (unpaired) electrons. The summed E-state index contributed by atoms with van der Waals surface area (Å²) in [7, 11) is -3.77. The van der Waals surface area contributed by atoms with Crippen LogP contribution in [0.4, 0.5) is 18.9 Å². The molecule has 0 atom stereocenters. The zero-order chi connectivity index (χ0) is 16.3. The summed E-state index contributed by atoms with van der Waals surface area (Å²) >= 11 is 0. The van der Waals surface area contributed by atoms with Gasteiger partial charge in [0.1, 0.15) is 0 Å². The molecule has 1 rings (SSSR count). The smallest absolute Gasteiger partial charge is 0.398 e. The molecule has 0 aliphatic heterocycles. The Morgan fingerprint density at radius 3 is 2.38 bits per heavy atom. The number of ether oxygens (including phenoxy) is 1. The van der Waals surface area contributed by atoms with Gasteiger partial charge in [-0.15, -0.1) is 0 Å². The van der Waals surface area contributed by atoms with E-state index >= 15 is 0 Å². The molecule has 0 unspecified atom stereocenters. The van der Waals surface area contributed by atoms with Crippen LogP contribution < -0.4 is 5.73 Å². The summed E-state index contributed by atoms with van der Waals surface area (Å²) < 4.78 is 66.7. The Kier molecular flexibility index (Phi) is 5.63. The lowest BCUT2D eigenvalue weighted by Crippen LogP contribution is -2.16. The highest BCUT2D eigenvalue weighted by atomic mass is 32.2. The van der Waals surface area contributed by atoms with E-state index < -0.39 is 27.3 Å². The fourth-order valence-corrected chi connectivity index (χ4v) is 2.86. The van der Waals surface area contributed by atoms with E-state index in [0.29, 0.717) is 18.7 Å². The Morgan fingerprint density at radius 1 is 1.29 bits per heavy atom. The number of halogens is 3. The van der Waals surface area contributed by atoms with Gasteiger partial charge in [0.05, 0.1) is 28.5 Å². The van der Waals surface area contributed by atoms with Gasteiger partial charge in [-0.25, -0.2) is 8.42 Å². The largest absolute Gasteiger partial charge is 0.416 e. The first-order valence-corrected chi connectivity index (χ1v) is 7.96. The highest BCUT2D eigenvalue weighted by Gasteiger charge is 2.31. The average Bonchev–Trinajstić information content (AvgIpc) is 2.33. The highest BCUT2D eigenvalue weighted by Crippen LogP contribution is 2.32. The number of rotatable bonds is 6. The van der Waals surface area contributed by atoms with Crippen LogP contribution in [0.2, 0.25) is 0 Å². The molecule has 120 valence electrons. The number of nitrogens with two attached hydrogens (primary N) is 1. The van der Waals surface area contributed by atoms with Gasteiger partial charge in [-0.3, -0.25) is 0 Å².